The number of carbonyl (C=O) groups excluding carboxylic acids is 1. The summed E-state index contributed by atoms with van der Waals surface area (Å²) in [5.41, 5.74) is 1.12. The zero-order chi connectivity index (χ0) is 19.4. The summed E-state index contributed by atoms with van der Waals surface area (Å²) in [5, 5.41) is 10.3. The summed E-state index contributed by atoms with van der Waals surface area (Å²) >= 11 is 0. The van der Waals surface area contributed by atoms with Crippen LogP contribution in [0.15, 0.2) is 30.6 Å². The highest BCUT2D eigenvalue weighted by Crippen LogP contribution is 2.29. The molecular formula is C21H30N4O2. The van der Waals surface area contributed by atoms with E-state index in [0.29, 0.717) is 12.1 Å². The van der Waals surface area contributed by atoms with Crippen molar-refractivity contribution in [1.82, 2.24) is 19.4 Å². The Balaban J connectivity index is 1.70. The van der Waals surface area contributed by atoms with Crippen LogP contribution < -0.4 is 0 Å². The molecule has 6 nitrogen and oxygen atoms in total. The van der Waals surface area contributed by atoms with E-state index in [1.54, 1.807) is 6.07 Å². The number of nitrogens with zero attached hydrogens (tertiary/aromatic N) is 4. The Kier molecular flexibility index (Phi) is 6.16. The van der Waals surface area contributed by atoms with Gasteiger partial charge in [0.2, 0.25) is 0 Å². The molecule has 1 fully saturated rings. The number of carbonyl (C=O) groups is 1. The molecule has 1 aliphatic heterocycles. The fourth-order valence-corrected chi connectivity index (χ4v) is 3.80. The van der Waals surface area contributed by atoms with Gasteiger partial charge in [0, 0.05) is 37.9 Å². The molecule has 0 spiro atoms. The van der Waals surface area contributed by atoms with Crippen molar-refractivity contribution >= 4 is 5.91 Å². The summed E-state index contributed by atoms with van der Waals surface area (Å²) < 4.78 is 2.23. The minimum Gasteiger partial charge on any atom is -0.507 e. The number of phenols is 1. The Morgan fingerprint density at radius 3 is 2.96 bits per heavy atom. The highest BCUT2D eigenvalue weighted by molar-refractivity contribution is 5.97. The van der Waals surface area contributed by atoms with E-state index in [-0.39, 0.29) is 17.6 Å². The van der Waals surface area contributed by atoms with Gasteiger partial charge in [-0.1, -0.05) is 12.1 Å². The molecule has 1 atom stereocenters. The maximum absolute atomic E-state index is 13.0. The molecule has 27 heavy (non-hydrogen) atoms. The van der Waals surface area contributed by atoms with Crippen LogP contribution in [0.4, 0.5) is 0 Å². The molecule has 0 aliphatic carbocycles. The van der Waals surface area contributed by atoms with Crippen molar-refractivity contribution in [3.8, 4) is 5.75 Å². The third kappa shape index (κ3) is 4.50. The molecule has 0 unspecified atom stereocenters. The normalized spacial score (nSPS) is 17.5. The molecule has 1 amide bonds. The van der Waals surface area contributed by atoms with Crippen molar-refractivity contribution in [2.45, 2.75) is 38.6 Å². The Hall–Kier alpha value is -2.34. The van der Waals surface area contributed by atoms with E-state index in [1.165, 1.54) is 0 Å². The number of hydrogen-bond acceptors (Lipinski definition) is 4. The summed E-state index contributed by atoms with van der Waals surface area (Å²) in [7, 11) is 4.17. The number of piperidine rings is 1. The Morgan fingerprint density at radius 2 is 2.19 bits per heavy atom. The molecule has 1 saturated heterocycles. The van der Waals surface area contributed by atoms with Crippen LogP contribution in [-0.2, 0) is 6.54 Å². The molecule has 2 aromatic rings. The van der Waals surface area contributed by atoms with Gasteiger partial charge in [-0.15, -0.1) is 0 Å². The molecule has 1 aromatic heterocycles. The lowest BCUT2D eigenvalue weighted by molar-refractivity contribution is 0.0700. The van der Waals surface area contributed by atoms with E-state index in [2.05, 4.69) is 28.5 Å². The number of aryl methyl sites for hydroxylation is 2. The molecule has 0 radical (unpaired) electrons. The quantitative estimate of drug-likeness (QED) is 0.849. The van der Waals surface area contributed by atoms with Gasteiger partial charge >= 0.3 is 0 Å². The molecule has 3 rings (SSSR count). The topological polar surface area (TPSA) is 61.6 Å². The van der Waals surface area contributed by atoms with Crippen molar-refractivity contribution in [2.75, 3.05) is 33.7 Å². The Bertz CT molecular complexity index is 784. The summed E-state index contributed by atoms with van der Waals surface area (Å²) in [6.45, 7) is 5.17. The van der Waals surface area contributed by atoms with E-state index in [4.69, 9.17) is 0 Å². The monoisotopic (exact) mass is 370 g/mol. The second-order valence-corrected chi connectivity index (χ2v) is 7.70. The van der Waals surface area contributed by atoms with Gasteiger partial charge in [0.05, 0.1) is 5.56 Å². The summed E-state index contributed by atoms with van der Waals surface area (Å²) in [5.74, 6) is 1.31. The lowest BCUT2D eigenvalue weighted by atomic mass is 9.96. The van der Waals surface area contributed by atoms with Crippen molar-refractivity contribution in [3.63, 3.8) is 0 Å². The first-order chi connectivity index (χ1) is 13.0. The molecular weight excluding hydrogens is 340 g/mol. The van der Waals surface area contributed by atoms with E-state index in [9.17, 15) is 9.90 Å². The van der Waals surface area contributed by atoms with E-state index in [0.717, 1.165) is 50.3 Å². The largest absolute Gasteiger partial charge is 0.507 e. The highest BCUT2D eigenvalue weighted by Gasteiger charge is 2.29. The lowest BCUT2D eigenvalue weighted by Gasteiger charge is -2.33. The average Bonchev–Trinajstić information content (AvgIpc) is 3.12. The first kappa shape index (κ1) is 19.4. The van der Waals surface area contributed by atoms with Crippen LogP contribution in [0.1, 0.15) is 46.9 Å². The lowest BCUT2D eigenvalue weighted by Crippen LogP contribution is -2.39. The van der Waals surface area contributed by atoms with Gasteiger partial charge in [0.25, 0.3) is 5.91 Å². The summed E-state index contributed by atoms with van der Waals surface area (Å²) in [6, 6.07) is 5.34. The van der Waals surface area contributed by atoms with Crippen LogP contribution in [0.5, 0.6) is 5.75 Å². The second kappa shape index (κ2) is 8.57. The van der Waals surface area contributed by atoms with E-state index < -0.39 is 0 Å². The molecule has 2 heterocycles. The second-order valence-electron chi connectivity index (χ2n) is 7.70. The predicted octanol–water partition coefficient (Wildman–Crippen LogP) is 2.87. The summed E-state index contributed by atoms with van der Waals surface area (Å²) in [4.78, 5) is 21.6. The van der Waals surface area contributed by atoms with Crippen molar-refractivity contribution in [3.05, 3.63) is 47.5 Å². The maximum atomic E-state index is 13.0. The van der Waals surface area contributed by atoms with Gasteiger partial charge in [-0.2, -0.15) is 0 Å². The van der Waals surface area contributed by atoms with Gasteiger partial charge in [-0.3, -0.25) is 4.79 Å². The number of aromatic nitrogens is 2. The number of amides is 1. The van der Waals surface area contributed by atoms with Crippen LogP contribution in [-0.4, -0.2) is 64.1 Å². The van der Waals surface area contributed by atoms with E-state index >= 15 is 0 Å². The average molecular weight is 370 g/mol. The number of rotatable bonds is 6. The van der Waals surface area contributed by atoms with Crippen LogP contribution in [0.25, 0.3) is 0 Å². The predicted molar refractivity (Wildman–Crippen MR) is 106 cm³/mol. The number of para-hydroxylation sites is 1. The van der Waals surface area contributed by atoms with Gasteiger partial charge in [0.1, 0.15) is 11.6 Å². The van der Waals surface area contributed by atoms with E-state index in [1.807, 2.05) is 36.4 Å². The Morgan fingerprint density at radius 1 is 1.37 bits per heavy atom. The first-order valence-corrected chi connectivity index (χ1v) is 9.71. The smallest absolute Gasteiger partial charge is 0.257 e. The van der Waals surface area contributed by atoms with Crippen LogP contribution in [0.2, 0.25) is 0 Å². The van der Waals surface area contributed by atoms with Crippen LogP contribution in [0, 0.1) is 6.92 Å². The van der Waals surface area contributed by atoms with Crippen molar-refractivity contribution < 1.29 is 9.90 Å². The van der Waals surface area contributed by atoms with Gasteiger partial charge in [-0.25, -0.2) is 4.98 Å². The fourth-order valence-electron chi connectivity index (χ4n) is 3.80. The third-order valence-corrected chi connectivity index (χ3v) is 5.29. The molecule has 1 aliphatic rings. The minimum absolute atomic E-state index is 0.0911. The van der Waals surface area contributed by atoms with Gasteiger partial charge < -0.3 is 19.5 Å². The number of phenolic OH excluding ortho intramolecular Hbond substituents is 1. The zero-order valence-corrected chi connectivity index (χ0v) is 16.6. The molecule has 6 heteroatoms. The molecule has 1 N–H and O–H groups in total. The highest BCUT2D eigenvalue weighted by atomic mass is 16.3. The number of likely N-dealkylation sites (tertiary alicyclic amines) is 1. The standard InChI is InChI=1S/C21H30N4O2/c1-16-7-4-9-18(19(16)26)21(27)25-12-5-8-17(15-25)20-22-10-14-24(20)13-6-11-23(2)3/h4,7,9-10,14,17,26H,5-6,8,11-13,15H2,1-3H3/t17-/m0/s1. The molecule has 1 aromatic carbocycles. The molecule has 0 bridgehead atoms. The number of hydrogen-bond donors (Lipinski definition) is 1. The maximum Gasteiger partial charge on any atom is 0.257 e. The van der Waals surface area contributed by atoms with Crippen molar-refractivity contribution in [1.29, 1.82) is 0 Å². The fraction of sp³-hybridized carbons (Fsp3) is 0.524. The van der Waals surface area contributed by atoms with Crippen molar-refractivity contribution in [2.24, 2.45) is 0 Å². The molecule has 146 valence electrons. The molecule has 0 saturated carbocycles. The number of imidazole rings is 1. The van der Waals surface area contributed by atoms with Gasteiger partial charge in [-0.05, 0) is 58.5 Å². The van der Waals surface area contributed by atoms with Crippen LogP contribution >= 0.6 is 0 Å². The van der Waals surface area contributed by atoms with Crippen LogP contribution in [0.3, 0.4) is 0 Å². The Labute approximate surface area is 161 Å². The number of benzene rings is 1. The number of aromatic hydroxyl groups is 1. The van der Waals surface area contributed by atoms with Gasteiger partial charge in [0.15, 0.2) is 0 Å². The SMILES string of the molecule is Cc1cccc(C(=O)N2CCC[C@H](c3nccn3CCCN(C)C)C2)c1O. The zero-order valence-electron chi connectivity index (χ0n) is 16.6. The minimum atomic E-state index is -0.0911. The first-order valence-electron chi connectivity index (χ1n) is 9.71. The summed E-state index contributed by atoms with van der Waals surface area (Å²) in [6.07, 6.45) is 6.96. The third-order valence-electron chi connectivity index (χ3n) is 5.29.